The number of likely N-dealkylation sites (N-methyl/N-ethyl adjacent to an activating group) is 1. The molecule has 132 valence electrons. The molecule has 1 N–H and O–H groups in total. The van der Waals surface area contributed by atoms with Crippen molar-refractivity contribution in [1.82, 2.24) is 4.90 Å². The normalized spacial score (nSPS) is 23.8. The average Bonchev–Trinajstić information content (AvgIpc) is 3.00. The summed E-state index contributed by atoms with van der Waals surface area (Å²) in [5.41, 5.74) is -0.0869. The predicted octanol–water partition coefficient (Wildman–Crippen LogP) is 3.06. The van der Waals surface area contributed by atoms with Crippen LogP contribution in [-0.4, -0.2) is 49.3 Å². The van der Waals surface area contributed by atoms with Gasteiger partial charge < -0.3 is 19.5 Å². The Hall–Kier alpha value is -1.75. The molecule has 1 aromatic carbocycles. The van der Waals surface area contributed by atoms with Gasteiger partial charge in [-0.05, 0) is 32.4 Å². The van der Waals surface area contributed by atoms with Gasteiger partial charge in [0.05, 0.1) is 12.5 Å². The first-order valence-electron chi connectivity index (χ1n) is 8.83. The van der Waals surface area contributed by atoms with E-state index in [1.54, 1.807) is 7.11 Å². The third-order valence-corrected chi connectivity index (χ3v) is 5.46. The van der Waals surface area contributed by atoms with Gasteiger partial charge in [0.2, 0.25) is 0 Å². The quantitative estimate of drug-likeness (QED) is 0.897. The second-order valence-electron chi connectivity index (χ2n) is 7.08. The van der Waals surface area contributed by atoms with Gasteiger partial charge in [0.25, 0.3) is 0 Å². The summed E-state index contributed by atoms with van der Waals surface area (Å²) in [4.78, 5) is 14.4. The molecule has 0 bridgehead atoms. The van der Waals surface area contributed by atoms with Gasteiger partial charge in [0.15, 0.2) is 11.5 Å². The third-order valence-electron chi connectivity index (χ3n) is 5.46. The number of carbonyl (C=O) groups is 1. The standard InChI is InChI=1S/C19H27NO4/c1-20-12-9-14(13-20)24-16-8-6-7-15(17(16)23-2)19(18(21)22)10-4-3-5-11-19/h6-8,14H,3-5,9-13H2,1-2H3,(H,21,22). The molecule has 1 atom stereocenters. The number of methoxy groups -OCH3 is 1. The van der Waals surface area contributed by atoms with Gasteiger partial charge in [-0.15, -0.1) is 0 Å². The maximum absolute atomic E-state index is 12.1. The van der Waals surface area contributed by atoms with Crippen LogP contribution >= 0.6 is 0 Å². The molecule has 2 aliphatic rings. The number of benzene rings is 1. The molecule has 0 amide bonds. The van der Waals surface area contributed by atoms with Crippen LogP contribution in [0.3, 0.4) is 0 Å². The first-order valence-corrected chi connectivity index (χ1v) is 8.83. The number of carboxylic acids is 1. The highest BCUT2D eigenvalue weighted by atomic mass is 16.5. The number of nitrogens with zero attached hydrogens (tertiary/aromatic N) is 1. The topological polar surface area (TPSA) is 59.0 Å². The van der Waals surface area contributed by atoms with Crippen molar-refractivity contribution < 1.29 is 19.4 Å². The predicted molar refractivity (Wildman–Crippen MR) is 91.9 cm³/mol. The van der Waals surface area contributed by atoms with Gasteiger partial charge in [-0.3, -0.25) is 4.79 Å². The lowest BCUT2D eigenvalue weighted by atomic mass is 9.69. The third kappa shape index (κ3) is 3.09. The average molecular weight is 333 g/mol. The summed E-state index contributed by atoms with van der Waals surface area (Å²) in [5.74, 6) is 0.510. The van der Waals surface area contributed by atoms with Crippen molar-refractivity contribution in [1.29, 1.82) is 0 Å². The van der Waals surface area contributed by atoms with Crippen LogP contribution in [0.4, 0.5) is 0 Å². The summed E-state index contributed by atoms with van der Waals surface area (Å²) in [6.45, 7) is 1.91. The first-order chi connectivity index (χ1) is 11.6. The van der Waals surface area contributed by atoms with E-state index in [1.807, 2.05) is 18.2 Å². The summed E-state index contributed by atoms with van der Waals surface area (Å²) in [6.07, 6.45) is 5.41. The molecule has 5 nitrogen and oxygen atoms in total. The Kier molecular flexibility index (Phi) is 4.99. The van der Waals surface area contributed by atoms with E-state index in [-0.39, 0.29) is 6.10 Å². The van der Waals surface area contributed by atoms with Crippen molar-refractivity contribution >= 4 is 5.97 Å². The number of carboxylic acid groups (broad SMARTS) is 1. The molecule has 1 aromatic rings. The lowest BCUT2D eigenvalue weighted by Crippen LogP contribution is -2.38. The van der Waals surface area contributed by atoms with E-state index < -0.39 is 11.4 Å². The Morgan fingerprint density at radius 2 is 2.04 bits per heavy atom. The van der Waals surface area contributed by atoms with Gasteiger partial charge in [0.1, 0.15) is 6.10 Å². The van der Waals surface area contributed by atoms with E-state index in [0.29, 0.717) is 24.3 Å². The van der Waals surface area contributed by atoms with Crippen LogP contribution in [0.2, 0.25) is 0 Å². The van der Waals surface area contributed by atoms with E-state index in [0.717, 1.165) is 44.3 Å². The van der Waals surface area contributed by atoms with Crippen molar-refractivity contribution in [2.24, 2.45) is 0 Å². The van der Waals surface area contributed by atoms with Crippen LogP contribution in [0.5, 0.6) is 11.5 Å². The molecule has 5 heteroatoms. The van der Waals surface area contributed by atoms with Crippen LogP contribution in [0.25, 0.3) is 0 Å². The van der Waals surface area contributed by atoms with Crippen LogP contribution in [-0.2, 0) is 10.2 Å². The molecular formula is C19H27NO4. The van der Waals surface area contributed by atoms with Crippen molar-refractivity contribution in [2.75, 3.05) is 27.2 Å². The summed E-state index contributed by atoms with van der Waals surface area (Å²) in [7, 11) is 3.68. The molecule has 24 heavy (non-hydrogen) atoms. The van der Waals surface area contributed by atoms with E-state index >= 15 is 0 Å². The van der Waals surface area contributed by atoms with Crippen molar-refractivity contribution in [2.45, 2.75) is 50.0 Å². The van der Waals surface area contributed by atoms with E-state index in [4.69, 9.17) is 9.47 Å². The summed E-state index contributed by atoms with van der Waals surface area (Å²) >= 11 is 0. The highest BCUT2D eigenvalue weighted by Crippen LogP contribution is 2.46. The summed E-state index contributed by atoms with van der Waals surface area (Å²) in [5, 5.41) is 9.97. The fourth-order valence-corrected chi connectivity index (χ4v) is 4.12. The molecule has 0 spiro atoms. The molecule has 1 saturated heterocycles. The van der Waals surface area contributed by atoms with Gasteiger partial charge >= 0.3 is 5.97 Å². The minimum Gasteiger partial charge on any atom is -0.493 e. The van der Waals surface area contributed by atoms with Crippen LogP contribution in [0.15, 0.2) is 18.2 Å². The lowest BCUT2D eigenvalue weighted by Gasteiger charge is -2.35. The highest BCUT2D eigenvalue weighted by molar-refractivity contribution is 5.83. The van der Waals surface area contributed by atoms with Crippen LogP contribution in [0.1, 0.15) is 44.1 Å². The molecule has 0 radical (unpaired) electrons. The number of hydrogen-bond acceptors (Lipinski definition) is 4. The largest absolute Gasteiger partial charge is 0.493 e. The molecule has 0 aromatic heterocycles. The fraction of sp³-hybridized carbons (Fsp3) is 0.632. The van der Waals surface area contributed by atoms with Crippen LogP contribution < -0.4 is 9.47 Å². The van der Waals surface area contributed by atoms with Crippen LogP contribution in [0, 0.1) is 0 Å². The second-order valence-corrected chi connectivity index (χ2v) is 7.08. The van der Waals surface area contributed by atoms with E-state index in [2.05, 4.69) is 11.9 Å². The molecular weight excluding hydrogens is 306 g/mol. The van der Waals surface area contributed by atoms with Gasteiger partial charge in [-0.2, -0.15) is 0 Å². The zero-order chi connectivity index (χ0) is 17.2. The van der Waals surface area contributed by atoms with Crippen molar-refractivity contribution in [3.8, 4) is 11.5 Å². The van der Waals surface area contributed by atoms with E-state index in [9.17, 15) is 9.90 Å². The van der Waals surface area contributed by atoms with Gasteiger partial charge in [-0.1, -0.05) is 31.4 Å². The minimum absolute atomic E-state index is 0.131. The number of likely N-dealkylation sites (tertiary alicyclic amines) is 1. The number of hydrogen-bond donors (Lipinski definition) is 1. The molecule has 1 aliphatic heterocycles. The first kappa shape index (κ1) is 17.1. The number of rotatable bonds is 5. The zero-order valence-corrected chi connectivity index (χ0v) is 14.6. The Morgan fingerprint density at radius 3 is 2.62 bits per heavy atom. The maximum atomic E-state index is 12.1. The van der Waals surface area contributed by atoms with Crippen molar-refractivity contribution in [3.05, 3.63) is 23.8 Å². The molecule has 1 aliphatic carbocycles. The Bertz CT molecular complexity index is 595. The second kappa shape index (κ2) is 7.01. The smallest absolute Gasteiger partial charge is 0.314 e. The molecule has 1 saturated carbocycles. The number of para-hydroxylation sites is 1. The number of aliphatic carboxylic acids is 1. The maximum Gasteiger partial charge on any atom is 0.314 e. The lowest BCUT2D eigenvalue weighted by molar-refractivity contribution is -0.145. The highest BCUT2D eigenvalue weighted by Gasteiger charge is 2.44. The number of ether oxygens (including phenoxy) is 2. The zero-order valence-electron chi connectivity index (χ0n) is 14.6. The van der Waals surface area contributed by atoms with Gasteiger partial charge in [-0.25, -0.2) is 0 Å². The SMILES string of the molecule is COc1c(OC2CCN(C)C2)cccc1C1(C(=O)O)CCCCC1. The summed E-state index contributed by atoms with van der Waals surface area (Å²) < 4.78 is 11.8. The molecule has 1 heterocycles. The monoisotopic (exact) mass is 333 g/mol. The fourth-order valence-electron chi connectivity index (χ4n) is 4.12. The minimum atomic E-state index is -0.852. The van der Waals surface area contributed by atoms with E-state index in [1.165, 1.54) is 0 Å². The molecule has 1 unspecified atom stereocenters. The molecule has 3 rings (SSSR count). The Labute approximate surface area is 143 Å². The molecule has 2 fully saturated rings. The Balaban J connectivity index is 1.95. The summed E-state index contributed by atoms with van der Waals surface area (Å²) in [6, 6.07) is 5.68. The Morgan fingerprint density at radius 1 is 1.29 bits per heavy atom. The van der Waals surface area contributed by atoms with Gasteiger partial charge in [0, 0.05) is 18.7 Å². The van der Waals surface area contributed by atoms with Crippen molar-refractivity contribution in [3.63, 3.8) is 0 Å².